The maximum atomic E-state index is 12.2. The molecular weight excluding hydrogens is 226 g/mol. The molecule has 2 N–H and O–H groups in total. The third-order valence-corrected chi connectivity index (χ3v) is 4.07. The van der Waals surface area contributed by atoms with E-state index >= 15 is 0 Å². The minimum absolute atomic E-state index is 0.104. The molecule has 18 heavy (non-hydrogen) atoms. The van der Waals surface area contributed by atoms with Crippen molar-refractivity contribution in [2.24, 2.45) is 17.3 Å². The smallest absolute Gasteiger partial charge is 0.223 e. The lowest BCUT2D eigenvalue weighted by Crippen LogP contribution is -2.45. The van der Waals surface area contributed by atoms with Gasteiger partial charge in [0.2, 0.25) is 5.91 Å². The molecule has 0 aromatic heterocycles. The largest absolute Gasteiger partial charge is 0.388 e. The molecule has 3 nitrogen and oxygen atoms in total. The molecule has 106 valence electrons. The summed E-state index contributed by atoms with van der Waals surface area (Å²) in [6.07, 6.45) is 3.94. The molecule has 0 radical (unpaired) electrons. The van der Waals surface area contributed by atoms with Gasteiger partial charge in [-0.3, -0.25) is 4.79 Å². The molecule has 0 aliphatic heterocycles. The fraction of sp³-hybridized carbons (Fsp3) is 0.933. The van der Waals surface area contributed by atoms with E-state index in [2.05, 4.69) is 33.0 Å². The Morgan fingerprint density at radius 3 is 2.56 bits per heavy atom. The van der Waals surface area contributed by atoms with Gasteiger partial charge in [0.1, 0.15) is 0 Å². The normalized spacial score (nSPS) is 26.1. The zero-order chi connectivity index (χ0) is 14.0. The highest BCUT2D eigenvalue weighted by molar-refractivity contribution is 5.79. The quantitative estimate of drug-likeness (QED) is 0.793. The molecule has 1 saturated carbocycles. The molecule has 0 heterocycles. The van der Waals surface area contributed by atoms with Crippen LogP contribution in [0.3, 0.4) is 0 Å². The molecule has 0 aromatic carbocycles. The molecule has 1 aliphatic carbocycles. The summed E-state index contributed by atoms with van der Waals surface area (Å²) in [5.41, 5.74) is -0.694. The average molecular weight is 255 g/mol. The van der Waals surface area contributed by atoms with E-state index in [1.165, 1.54) is 0 Å². The third kappa shape index (κ3) is 4.27. The van der Waals surface area contributed by atoms with Gasteiger partial charge in [-0.1, -0.05) is 34.1 Å². The second kappa shape index (κ2) is 5.60. The molecule has 2 unspecified atom stereocenters. The number of aliphatic hydroxyl groups is 1. The van der Waals surface area contributed by atoms with E-state index in [1.54, 1.807) is 6.92 Å². The van der Waals surface area contributed by atoms with Gasteiger partial charge < -0.3 is 10.4 Å². The van der Waals surface area contributed by atoms with Crippen LogP contribution in [-0.4, -0.2) is 23.2 Å². The second-order valence-electron chi connectivity index (χ2n) is 7.25. The maximum absolute atomic E-state index is 12.2. The second-order valence-corrected chi connectivity index (χ2v) is 7.25. The fourth-order valence-electron chi connectivity index (χ4n) is 3.17. The fourth-order valence-corrected chi connectivity index (χ4v) is 3.17. The molecule has 1 aliphatic rings. The van der Waals surface area contributed by atoms with Crippen molar-refractivity contribution in [3.8, 4) is 0 Å². The van der Waals surface area contributed by atoms with Gasteiger partial charge in [-0.25, -0.2) is 0 Å². The van der Waals surface area contributed by atoms with Crippen molar-refractivity contribution in [2.75, 3.05) is 6.54 Å². The Labute approximate surface area is 111 Å². The van der Waals surface area contributed by atoms with Gasteiger partial charge in [0.05, 0.1) is 5.60 Å². The summed E-state index contributed by atoms with van der Waals surface area (Å²) >= 11 is 0. The van der Waals surface area contributed by atoms with Crippen LogP contribution in [0.1, 0.15) is 60.3 Å². The Morgan fingerprint density at radius 1 is 1.50 bits per heavy atom. The minimum atomic E-state index is -0.799. The van der Waals surface area contributed by atoms with Crippen LogP contribution in [0.2, 0.25) is 0 Å². The Morgan fingerprint density at radius 2 is 2.11 bits per heavy atom. The molecule has 3 heteroatoms. The van der Waals surface area contributed by atoms with Gasteiger partial charge in [0.25, 0.3) is 0 Å². The lowest BCUT2D eigenvalue weighted by molar-refractivity contribution is -0.128. The van der Waals surface area contributed by atoms with Gasteiger partial charge in [-0.2, -0.15) is 0 Å². The molecular formula is C15H29NO2. The summed E-state index contributed by atoms with van der Waals surface area (Å²) in [6, 6.07) is 0. The Kier molecular flexibility index (Phi) is 4.82. The van der Waals surface area contributed by atoms with Gasteiger partial charge in [0.15, 0.2) is 0 Å². The Balaban J connectivity index is 2.46. The first-order valence-electron chi connectivity index (χ1n) is 7.14. The first-order valence-corrected chi connectivity index (χ1v) is 7.14. The summed E-state index contributed by atoms with van der Waals surface area (Å²) < 4.78 is 0. The number of hydrogen-bond acceptors (Lipinski definition) is 2. The molecule has 0 aromatic rings. The molecule has 1 amide bonds. The number of carbonyl (C=O) groups excluding carboxylic acids is 1. The minimum Gasteiger partial charge on any atom is -0.388 e. The summed E-state index contributed by atoms with van der Waals surface area (Å²) in [6.45, 7) is 10.6. The standard InChI is InChI=1S/C15H29NO2/c1-11(2)9-15(5,18)10-16-13(17)12-7-6-8-14(12,3)4/h11-12,18H,6-10H2,1-5H3,(H,16,17). The van der Waals surface area contributed by atoms with E-state index in [9.17, 15) is 9.90 Å². The topological polar surface area (TPSA) is 49.3 Å². The van der Waals surface area contributed by atoms with E-state index in [-0.39, 0.29) is 17.2 Å². The number of carbonyl (C=O) groups is 1. The monoisotopic (exact) mass is 255 g/mol. The molecule has 0 spiro atoms. The van der Waals surface area contributed by atoms with E-state index in [1.807, 2.05) is 0 Å². The summed E-state index contributed by atoms with van der Waals surface area (Å²) in [4.78, 5) is 12.2. The van der Waals surface area contributed by atoms with E-state index in [0.29, 0.717) is 18.9 Å². The highest BCUT2D eigenvalue weighted by Gasteiger charge is 2.39. The van der Waals surface area contributed by atoms with Crippen molar-refractivity contribution in [2.45, 2.75) is 65.9 Å². The van der Waals surface area contributed by atoms with Crippen LogP contribution in [0.15, 0.2) is 0 Å². The number of rotatable bonds is 5. The molecule has 1 rings (SSSR count). The van der Waals surface area contributed by atoms with Gasteiger partial charge in [-0.05, 0) is 37.5 Å². The van der Waals surface area contributed by atoms with E-state index in [4.69, 9.17) is 0 Å². The third-order valence-electron chi connectivity index (χ3n) is 4.07. The van der Waals surface area contributed by atoms with Crippen molar-refractivity contribution in [3.63, 3.8) is 0 Å². The van der Waals surface area contributed by atoms with Crippen LogP contribution in [0.25, 0.3) is 0 Å². The van der Waals surface area contributed by atoms with Crippen LogP contribution in [0.4, 0.5) is 0 Å². The van der Waals surface area contributed by atoms with Crippen molar-refractivity contribution >= 4 is 5.91 Å². The zero-order valence-corrected chi connectivity index (χ0v) is 12.5. The summed E-state index contributed by atoms with van der Waals surface area (Å²) in [5, 5.41) is 13.1. The average Bonchev–Trinajstić information content (AvgIpc) is 2.53. The van der Waals surface area contributed by atoms with Crippen molar-refractivity contribution in [1.82, 2.24) is 5.32 Å². The SMILES string of the molecule is CC(C)CC(C)(O)CNC(=O)C1CCCC1(C)C. The molecule has 2 atom stereocenters. The van der Waals surface area contributed by atoms with E-state index in [0.717, 1.165) is 19.3 Å². The predicted octanol–water partition coefficient (Wildman–Crippen LogP) is 2.73. The van der Waals surface area contributed by atoms with Crippen LogP contribution in [0.5, 0.6) is 0 Å². The van der Waals surface area contributed by atoms with Crippen LogP contribution in [-0.2, 0) is 4.79 Å². The maximum Gasteiger partial charge on any atom is 0.223 e. The molecule has 0 bridgehead atoms. The molecule has 0 saturated heterocycles. The van der Waals surface area contributed by atoms with Crippen LogP contribution < -0.4 is 5.32 Å². The van der Waals surface area contributed by atoms with Crippen molar-refractivity contribution in [3.05, 3.63) is 0 Å². The van der Waals surface area contributed by atoms with Crippen molar-refractivity contribution < 1.29 is 9.90 Å². The number of amides is 1. The van der Waals surface area contributed by atoms with Crippen molar-refractivity contribution in [1.29, 1.82) is 0 Å². The zero-order valence-electron chi connectivity index (χ0n) is 12.5. The Hall–Kier alpha value is -0.570. The summed E-state index contributed by atoms with van der Waals surface area (Å²) in [7, 11) is 0. The number of nitrogens with one attached hydrogen (secondary N) is 1. The van der Waals surface area contributed by atoms with Gasteiger partial charge in [-0.15, -0.1) is 0 Å². The first kappa shape index (κ1) is 15.5. The highest BCUT2D eigenvalue weighted by Crippen LogP contribution is 2.42. The van der Waals surface area contributed by atoms with Crippen LogP contribution >= 0.6 is 0 Å². The molecule has 1 fully saturated rings. The van der Waals surface area contributed by atoms with Gasteiger partial charge in [0, 0.05) is 12.5 Å². The lowest BCUT2D eigenvalue weighted by Gasteiger charge is -2.29. The summed E-state index contributed by atoms with van der Waals surface area (Å²) in [5.74, 6) is 0.647. The van der Waals surface area contributed by atoms with Gasteiger partial charge >= 0.3 is 0 Å². The Bertz CT molecular complexity index is 295. The predicted molar refractivity (Wildman–Crippen MR) is 74.2 cm³/mol. The van der Waals surface area contributed by atoms with E-state index < -0.39 is 5.60 Å². The highest BCUT2D eigenvalue weighted by atomic mass is 16.3. The van der Waals surface area contributed by atoms with Crippen LogP contribution in [0, 0.1) is 17.3 Å². The number of hydrogen-bond donors (Lipinski definition) is 2. The lowest BCUT2D eigenvalue weighted by atomic mass is 9.81. The first-order chi connectivity index (χ1) is 8.14.